The monoisotopic (exact) mass is 211 g/mol. The lowest BCUT2D eigenvalue weighted by Crippen LogP contribution is -2.27. The molecule has 0 atom stereocenters. The minimum atomic E-state index is 0.170. The summed E-state index contributed by atoms with van der Waals surface area (Å²) in [5, 5.41) is 8.69. The number of aromatic nitrogens is 2. The number of aliphatic hydroxyl groups is 1. The highest BCUT2D eigenvalue weighted by Gasteiger charge is 1.99. The molecule has 0 saturated heterocycles. The number of hydrogen-bond donors (Lipinski definition) is 1. The number of aryl methyl sites for hydroxylation is 1. The van der Waals surface area contributed by atoms with Crippen LogP contribution >= 0.6 is 0 Å². The second-order valence-electron chi connectivity index (χ2n) is 3.37. The number of ether oxygens (including phenoxy) is 1. The van der Waals surface area contributed by atoms with Crippen molar-refractivity contribution in [3.63, 3.8) is 0 Å². The van der Waals surface area contributed by atoms with Crippen LogP contribution in [0.4, 0.5) is 0 Å². The Bertz CT molecular complexity index is 294. The van der Waals surface area contributed by atoms with Crippen molar-refractivity contribution in [2.24, 2.45) is 0 Å². The van der Waals surface area contributed by atoms with Crippen LogP contribution in [0, 0.1) is 6.92 Å². The van der Waals surface area contributed by atoms with Crippen molar-refractivity contribution in [2.75, 3.05) is 33.4 Å². The molecule has 1 N–H and O–H groups in total. The standard InChI is InChI=1S/C10H17N3O2/c1-9-7-10(12-8-11-9)15-6-4-13(2)3-5-14/h7-8,14H,3-6H2,1-2H3. The van der Waals surface area contributed by atoms with Gasteiger partial charge in [-0.15, -0.1) is 0 Å². The van der Waals surface area contributed by atoms with Crippen LogP contribution in [0.1, 0.15) is 5.69 Å². The minimum absolute atomic E-state index is 0.170. The Kier molecular flexibility index (Phi) is 5.00. The average molecular weight is 211 g/mol. The fraction of sp³-hybridized carbons (Fsp3) is 0.600. The van der Waals surface area contributed by atoms with Gasteiger partial charge in [0.1, 0.15) is 12.9 Å². The highest BCUT2D eigenvalue weighted by Crippen LogP contribution is 2.05. The van der Waals surface area contributed by atoms with Gasteiger partial charge in [-0.1, -0.05) is 0 Å². The maximum atomic E-state index is 8.69. The van der Waals surface area contributed by atoms with Crippen molar-refractivity contribution in [2.45, 2.75) is 6.92 Å². The molecule has 0 unspecified atom stereocenters. The number of aliphatic hydroxyl groups excluding tert-OH is 1. The van der Waals surface area contributed by atoms with Crippen LogP contribution in [0.25, 0.3) is 0 Å². The van der Waals surface area contributed by atoms with E-state index in [2.05, 4.69) is 9.97 Å². The zero-order valence-electron chi connectivity index (χ0n) is 9.18. The molecule has 0 saturated carbocycles. The molecule has 0 aliphatic rings. The van der Waals surface area contributed by atoms with E-state index in [1.165, 1.54) is 6.33 Å². The van der Waals surface area contributed by atoms with E-state index in [0.717, 1.165) is 12.2 Å². The van der Waals surface area contributed by atoms with Gasteiger partial charge in [0.15, 0.2) is 0 Å². The van der Waals surface area contributed by atoms with E-state index in [1.807, 2.05) is 18.9 Å². The zero-order chi connectivity index (χ0) is 11.1. The lowest BCUT2D eigenvalue weighted by Gasteiger charge is -2.14. The molecule has 5 heteroatoms. The van der Waals surface area contributed by atoms with E-state index in [-0.39, 0.29) is 6.61 Å². The van der Waals surface area contributed by atoms with Crippen LogP contribution in [0.15, 0.2) is 12.4 Å². The highest BCUT2D eigenvalue weighted by atomic mass is 16.5. The number of nitrogens with zero attached hydrogens (tertiary/aromatic N) is 3. The van der Waals surface area contributed by atoms with Crippen LogP contribution in [0.3, 0.4) is 0 Å². The Morgan fingerprint density at radius 1 is 1.40 bits per heavy atom. The molecule has 0 fully saturated rings. The summed E-state index contributed by atoms with van der Waals surface area (Å²) in [6, 6.07) is 1.80. The minimum Gasteiger partial charge on any atom is -0.476 e. The first kappa shape index (κ1) is 11.9. The molecule has 0 aliphatic heterocycles. The molecule has 0 spiro atoms. The maximum absolute atomic E-state index is 8.69. The van der Waals surface area contributed by atoms with Gasteiger partial charge in [0, 0.05) is 24.8 Å². The summed E-state index contributed by atoms with van der Waals surface area (Å²) in [7, 11) is 1.94. The largest absolute Gasteiger partial charge is 0.476 e. The van der Waals surface area contributed by atoms with E-state index >= 15 is 0 Å². The van der Waals surface area contributed by atoms with Gasteiger partial charge >= 0.3 is 0 Å². The SMILES string of the molecule is Cc1cc(OCCN(C)CCO)ncn1. The molecule has 1 heterocycles. The van der Waals surface area contributed by atoms with Gasteiger partial charge in [0.05, 0.1) is 6.61 Å². The molecule has 1 aromatic heterocycles. The third kappa shape index (κ3) is 4.71. The summed E-state index contributed by atoms with van der Waals surface area (Å²) in [6.07, 6.45) is 1.49. The zero-order valence-corrected chi connectivity index (χ0v) is 9.18. The number of hydrogen-bond acceptors (Lipinski definition) is 5. The fourth-order valence-electron chi connectivity index (χ4n) is 1.10. The van der Waals surface area contributed by atoms with Crippen molar-refractivity contribution in [3.05, 3.63) is 18.1 Å². The average Bonchev–Trinajstić information content (AvgIpc) is 2.18. The summed E-state index contributed by atoms with van der Waals surface area (Å²) in [4.78, 5) is 9.95. The first-order chi connectivity index (χ1) is 7.22. The molecule has 1 aromatic rings. The Balaban J connectivity index is 2.25. The molecule has 5 nitrogen and oxygen atoms in total. The van der Waals surface area contributed by atoms with Gasteiger partial charge in [0.25, 0.3) is 0 Å². The van der Waals surface area contributed by atoms with Crippen LogP contribution in [-0.4, -0.2) is 53.3 Å². The van der Waals surface area contributed by atoms with Crippen molar-refractivity contribution in [1.29, 1.82) is 0 Å². The summed E-state index contributed by atoms with van der Waals surface area (Å²) >= 11 is 0. The molecule has 0 aromatic carbocycles. The van der Waals surface area contributed by atoms with Gasteiger partial charge in [-0.05, 0) is 14.0 Å². The van der Waals surface area contributed by atoms with Crippen LogP contribution in [-0.2, 0) is 0 Å². The number of likely N-dealkylation sites (N-methyl/N-ethyl adjacent to an activating group) is 1. The van der Waals surface area contributed by atoms with E-state index in [1.54, 1.807) is 6.07 Å². The predicted molar refractivity (Wildman–Crippen MR) is 56.8 cm³/mol. The van der Waals surface area contributed by atoms with E-state index < -0.39 is 0 Å². The molecule has 15 heavy (non-hydrogen) atoms. The van der Waals surface area contributed by atoms with Crippen LogP contribution in [0.5, 0.6) is 5.88 Å². The lowest BCUT2D eigenvalue weighted by molar-refractivity contribution is 0.190. The van der Waals surface area contributed by atoms with E-state index in [0.29, 0.717) is 19.0 Å². The molecule has 84 valence electrons. The highest BCUT2D eigenvalue weighted by molar-refractivity contribution is 5.11. The predicted octanol–water partition coefficient (Wildman–Crippen LogP) is 0.0879. The fourth-order valence-corrected chi connectivity index (χ4v) is 1.10. The Labute approximate surface area is 89.7 Å². The van der Waals surface area contributed by atoms with Gasteiger partial charge < -0.3 is 14.7 Å². The maximum Gasteiger partial charge on any atom is 0.216 e. The van der Waals surface area contributed by atoms with Crippen LogP contribution in [0.2, 0.25) is 0 Å². The molecule has 1 rings (SSSR count). The van der Waals surface area contributed by atoms with Crippen molar-refractivity contribution in [1.82, 2.24) is 14.9 Å². The van der Waals surface area contributed by atoms with Gasteiger partial charge in [-0.3, -0.25) is 0 Å². The van der Waals surface area contributed by atoms with Crippen LogP contribution < -0.4 is 4.74 Å². The van der Waals surface area contributed by atoms with Crippen molar-refractivity contribution < 1.29 is 9.84 Å². The van der Waals surface area contributed by atoms with E-state index in [9.17, 15) is 0 Å². The van der Waals surface area contributed by atoms with Gasteiger partial charge in [0.2, 0.25) is 5.88 Å². The third-order valence-corrected chi connectivity index (χ3v) is 1.98. The first-order valence-corrected chi connectivity index (χ1v) is 4.93. The Hall–Kier alpha value is -1.20. The second kappa shape index (κ2) is 6.31. The van der Waals surface area contributed by atoms with Crippen molar-refractivity contribution >= 4 is 0 Å². The van der Waals surface area contributed by atoms with Gasteiger partial charge in [-0.2, -0.15) is 0 Å². The van der Waals surface area contributed by atoms with Gasteiger partial charge in [-0.25, -0.2) is 9.97 Å². The number of rotatable bonds is 6. The smallest absolute Gasteiger partial charge is 0.216 e. The summed E-state index contributed by atoms with van der Waals surface area (Å²) in [5.41, 5.74) is 0.892. The van der Waals surface area contributed by atoms with Crippen molar-refractivity contribution in [3.8, 4) is 5.88 Å². The van der Waals surface area contributed by atoms with E-state index in [4.69, 9.17) is 9.84 Å². The molecular weight excluding hydrogens is 194 g/mol. The molecule has 0 radical (unpaired) electrons. The first-order valence-electron chi connectivity index (χ1n) is 4.93. The normalized spacial score (nSPS) is 10.7. The third-order valence-electron chi connectivity index (χ3n) is 1.98. The molecule has 0 bridgehead atoms. The summed E-state index contributed by atoms with van der Waals surface area (Å²) in [5.74, 6) is 0.597. The Morgan fingerprint density at radius 3 is 2.87 bits per heavy atom. The molecule has 0 aliphatic carbocycles. The Morgan fingerprint density at radius 2 is 2.20 bits per heavy atom. The summed E-state index contributed by atoms with van der Waals surface area (Å²) in [6.45, 7) is 4.05. The topological polar surface area (TPSA) is 58.5 Å². The summed E-state index contributed by atoms with van der Waals surface area (Å²) < 4.78 is 5.43. The lowest BCUT2D eigenvalue weighted by atomic mass is 10.4. The molecule has 0 amide bonds. The quantitative estimate of drug-likeness (QED) is 0.722. The molecular formula is C10H17N3O2. The second-order valence-corrected chi connectivity index (χ2v) is 3.37.